The molecule has 35 heavy (non-hydrogen) atoms. The van der Waals surface area contributed by atoms with Gasteiger partial charge in [0.25, 0.3) is 0 Å². The summed E-state index contributed by atoms with van der Waals surface area (Å²) in [6, 6.07) is 31.6. The Morgan fingerprint density at radius 2 is 0.943 bits per heavy atom. The molecule has 0 spiro atoms. The largest absolute Gasteiger partial charge is 0.288 e. The number of halogens is 3. The fourth-order valence-corrected chi connectivity index (χ4v) is 10.4. The lowest BCUT2D eigenvalue weighted by molar-refractivity contribution is -0.114. The van der Waals surface area contributed by atoms with Crippen LogP contribution in [0.4, 0.5) is 0 Å². The number of benzene rings is 3. The van der Waals surface area contributed by atoms with Gasteiger partial charge in [0, 0.05) is 5.57 Å². The van der Waals surface area contributed by atoms with Crippen molar-refractivity contribution in [1.82, 2.24) is 0 Å². The zero-order valence-corrected chi connectivity index (χ0v) is 23.9. The summed E-state index contributed by atoms with van der Waals surface area (Å²) < 4.78 is 0.723. The Bertz CT molecular complexity index is 1430. The first-order valence-electron chi connectivity index (χ1n) is 10.8. The summed E-state index contributed by atoms with van der Waals surface area (Å²) in [7, 11) is 0. The molecule has 0 heterocycles. The van der Waals surface area contributed by atoms with Crippen LogP contribution in [0.25, 0.3) is 0 Å². The Morgan fingerprint density at radius 1 is 0.514 bits per heavy atom. The molecule has 3 aromatic rings. The predicted molar refractivity (Wildman–Crippen MR) is 158 cm³/mol. The fraction of sp³-hybridized carbons (Fsp3) is 0. The third kappa shape index (κ3) is 4.09. The van der Waals surface area contributed by atoms with Crippen LogP contribution in [0.5, 0.6) is 0 Å². The van der Waals surface area contributed by atoms with Crippen molar-refractivity contribution >= 4 is 87.4 Å². The average Bonchev–Trinajstić information content (AvgIpc) is 3.39. The summed E-state index contributed by atoms with van der Waals surface area (Å²) >= 11 is 9.92. The number of hydrogen-bond donors (Lipinski definition) is 0. The Morgan fingerprint density at radius 3 is 1.40 bits per heavy atom. The number of Topliss-reactive ketones (excluding diaryl/α,β-unsaturated/α-hetero) is 2. The molecule has 0 unspecified atom stereocenters. The normalized spacial score (nSPS) is 16.3. The maximum atomic E-state index is 13.2. The van der Waals surface area contributed by atoms with Crippen LogP contribution >= 0.6 is 54.7 Å². The molecule has 0 aromatic heterocycles. The van der Waals surface area contributed by atoms with Crippen LogP contribution in [0.2, 0.25) is 0 Å². The molecular formula is C29H18Br3O2P. The summed E-state index contributed by atoms with van der Waals surface area (Å²) in [6.07, 6.45) is 6.12. The Labute approximate surface area is 229 Å². The van der Waals surface area contributed by atoms with Gasteiger partial charge < -0.3 is 0 Å². The van der Waals surface area contributed by atoms with E-state index in [4.69, 9.17) is 0 Å². The maximum absolute atomic E-state index is 13.2. The van der Waals surface area contributed by atoms with Crippen molar-refractivity contribution in [3.63, 3.8) is 0 Å². The lowest BCUT2D eigenvalue weighted by atomic mass is 9.97. The van der Waals surface area contributed by atoms with Crippen LogP contribution in [0.15, 0.2) is 134 Å². The summed E-state index contributed by atoms with van der Waals surface area (Å²) in [4.78, 5) is 25.9. The third-order valence-corrected chi connectivity index (χ3v) is 13.2. The van der Waals surface area contributed by atoms with E-state index in [1.807, 2.05) is 24.3 Å². The van der Waals surface area contributed by atoms with Crippen LogP contribution in [-0.4, -0.2) is 16.9 Å². The minimum absolute atomic E-state index is 0.226. The summed E-state index contributed by atoms with van der Waals surface area (Å²) in [5.41, 5.74) is 1.08. The third-order valence-electron chi connectivity index (χ3n) is 6.08. The molecule has 0 atom stereocenters. The highest BCUT2D eigenvalue weighted by Gasteiger charge is 2.35. The van der Waals surface area contributed by atoms with Crippen molar-refractivity contribution in [2.75, 3.05) is 0 Å². The first kappa shape index (κ1) is 24.4. The quantitative estimate of drug-likeness (QED) is 0.237. The Kier molecular flexibility index (Phi) is 6.96. The van der Waals surface area contributed by atoms with Crippen molar-refractivity contribution in [2.24, 2.45) is 0 Å². The molecule has 2 nitrogen and oxygen atoms in total. The van der Waals surface area contributed by atoms with E-state index in [0.29, 0.717) is 11.1 Å². The van der Waals surface area contributed by atoms with E-state index in [9.17, 15) is 9.59 Å². The van der Waals surface area contributed by atoms with E-state index in [-0.39, 0.29) is 25.0 Å². The van der Waals surface area contributed by atoms with Crippen LogP contribution in [0.3, 0.4) is 0 Å². The first-order valence-corrected chi connectivity index (χ1v) is 15.0. The predicted octanol–water partition coefficient (Wildman–Crippen LogP) is 6.45. The van der Waals surface area contributed by atoms with Gasteiger partial charge >= 0.3 is 0 Å². The number of allylic oxidation sites excluding steroid dienone is 8. The highest BCUT2D eigenvalue weighted by atomic mass is 79.9. The van der Waals surface area contributed by atoms with Crippen LogP contribution < -0.4 is 15.9 Å². The van der Waals surface area contributed by atoms with Gasteiger partial charge in [0.05, 0.1) is 13.4 Å². The summed E-state index contributed by atoms with van der Waals surface area (Å²) in [6.45, 7) is -2.29. The lowest BCUT2D eigenvalue weighted by Crippen LogP contribution is -2.29. The zero-order chi connectivity index (χ0) is 24.6. The van der Waals surface area contributed by atoms with Gasteiger partial charge in [0.2, 0.25) is 11.6 Å². The molecule has 3 aromatic carbocycles. The van der Waals surface area contributed by atoms with Crippen molar-refractivity contribution in [3.05, 3.63) is 134 Å². The second-order valence-corrected chi connectivity index (χ2v) is 13.8. The number of carbonyl (C=O) groups excluding carboxylic acids is 2. The first-order chi connectivity index (χ1) is 17.0. The van der Waals surface area contributed by atoms with Crippen molar-refractivity contribution in [1.29, 1.82) is 0 Å². The number of rotatable bonds is 4. The number of carbonyl (C=O) groups is 2. The highest BCUT2D eigenvalue weighted by molar-refractivity contribution is 9.15. The van der Waals surface area contributed by atoms with Gasteiger partial charge in [0.1, 0.15) is 0 Å². The van der Waals surface area contributed by atoms with Gasteiger partial charge in [-0.1, -0.05) is 103 Å². The van der Waals surface area contributed by atoms with Crippen molar-refractivity contribution in [2.45, 2.75) is 0 Å². The molecule has 172 valence electrons. The summed E-state index contributed by atoms with van der Waals surface area (Å²) in [5.74, 6) is -0.493. The topological polar surface area (TPSA) is 34.1 Å². The SMILES string of the molecule is O=C1C(Br)=C(Br)C(=O)C(C2=CC(=P(c3ccccc3)(c3ccccc3)c3ccccc3)C=C2)=C1Br. The smallest absolute Gasteiger partial charge is 0.208 e. The fourth-order valence-electron chi connectivity index (χ4n) is 4.52. The van der Waals surface area contributed by atoms with E-state index < -0.39 is 6.89 Å². The molecule has 0 aliphatic heterocycles. The molecular weight excluding hydrogens is 651 g/mol. The number of ketones is 2. The number of hydrogen-bond acceptors (Lipinski definition) is 2. The minimum Gasteiger partial charge on any atom is -0.288 e. The summed E-state index contributed by atoms with van der Waals surface area (Å²) in [5, 5.41) is 4.78. The second-order valence-electron chi connectivity index (χ2n) is 8.01. The monoisotopic (exact) mass is 666 g/mol. The van der Waals surface area contributed by atoms with Crippen LogP contribution in [0, 0.1) is 0 Å². The van der Waals surface area contributed by atoms with Crippen LogP contribution in [-0.2, 0) is 9.59 Å². The molecule has 2 aliphatic rings. The standard InChI is InChI=1S/C29H18Br3O2P/c30-25-24(28(33)26(31)27(32)29(25)34)19-16-17-23(18-19)35(20-10-4-1-5-11-20,21-12-6-2-7-13-21)22-14-8-3-9-15-22/h1-18H. The molecule has 6 heteroatoms. The van der Waals surface area contributed by atoms with Gasteiger partial charge in [-0.2, -0.15) is 0 Å². The highest BCUT2D eigenvalue weighted by Crippen LogP contribution is 2.49. The molecule has 0 radical (unpaired) electrons. The van der Waals surface area contributed by atoms with E-state index in [2.05, 4.69) is 133 Å². The van der Waals surface area contributed by atoms with Crippen LogP contribution in [0.1, 0.15) is 0 Å². The van der Waals surface area contributed by atoms with Gasteiger partial charge in [0.15, 0.2) is 0 Å². The molecule has 0 N–H and O–H groups in total. The molecule has 5 rings (SSSR count). The van der Waals surface area contributed by atoms with Gasteiger partial charge in [-0.25, -0.2) is 0 Å². The van der Waals surface area contributed by atoms with E-state index in [1.54, 1.807) is 0 Å². The van der Waals surface area contributed by atoms with E-state index >= 15 is 0 Å². The minimum atomic E-state index is -2.29. The molecule has 0 saturated carbocycles. The van der Waals surface area contributed by atoms with Gasteiger partial charge in [-0.3, -0.25) is 9.59 Å². The lowest BCUT2D eigenvalue weighted by Gasteiger charge is -2.30. The average molecular weight is 669 g/mol. The zero-order valence-electron chi connectivity index (χ0n) is 18.3. The van der Waals surface area contributed by atoms with E-state index in [0.717, 1.165) is 5.29 Å². The Balaban J connectivity index is 1.87. The van der Waals surface area contributed by atoms with Crippen molar-refractivity contribution < 1.29 is 9.59 Å². The molecule has 0 amide bonds. The van der Waals surface area contributed by atoms with E-state index in [1.165, 1.54) is 15.9 Å². The van der Waals surface area contributed by atoms with Crippen molar-refractivity contribution in [3.8, 4) is 0 Å². The molecule has 0 saturated heterocycles. The Hall–Kier alpha value is -2.30. The van der Waals surface area contributed by atoms with Gasteiger partial charge in [-0.15, -0.1) is 0 Å². The maximum Gasteiger partial charge on any atom is 0.208 e. The second kappa shape index (κ2) is 9.99. The molecule has 0 fully saturated rings. The molecule has 2 aliphatic carbocycles. The molecule has 0 bridgehead atoms. The van der Waals surface area contributed by atoms with Gasteiger partial charge in [-0.05, 0) is 87.5 Å².